The highest BCUT2D eigenvalue weighted by Gasteiger charge is 2.22. The summed E-state index contributed by atoms with van der Waals surface area (Å²) in [5, 5.41) is 6.21. The Balaban J connectivity index is 1.76. The van der Waals surface area contributed by atoms with E-state index in [1.165, 1.54) is 0 Å². The quantitative estimate of drug-likeness (QED) is 0.844. The molecule has 1 aliphatic carbocycles. The Kier molecular flexibility index (Phi) is 4.45. The molecule has 5 heteroatoms. The van der Waals surface area contributed by atoms with Crippen LogP contribution in [0.3, 0.4) is 0 Å². The van der Waals surface area contributed by atoms with Crippen LogP contribution in [0.2, 0.25) is 0 Å². The normalized spacial score (nSPS) is 14.5. The zero-order valence-corrected chi connectivity index (χ0v) is 12.5. The first-order chi connectivity index (χ1) is 8.15. The van der Waals surface area contributed by atoms with Crippen LogP contribution >= 0.6 is 31.9 Å². The van der Waals surface area contributed by atoms with E-state index in [0.717, 1.165) is 27.5 Å². The molecular weight excluding hydrogens is 348 g/mol. The summed E-state index contributed by atoms with van der Waals surface area (Å²) in [4.78, 5) is 11.5. The molecule has 2 rings (SSSR count). The lowest BCUT2D eigenvalue weighted by atomic mass is 10.3. The summed E-state index contributed by atoms with van der Waals surface area (Å²) in [6.07, 6.45) is 2.78. The summed E-state index contributed by atoms with van der Waals surface area (Å²) in [7, 11) is 0. The van der Waals surface area contributed by atoms with Crippen molar-refractivity contribution in [3.63, 3.8) is 0 Å². The second kappa shape index (κ2) is 5.87. The van der Waals surface area contributed by atoms with Crippen LogP contribution in [0.4, 0.5) is 5.69 Å². The lowest BCUT2D eigenvalue weighted by Gasteiger charge is -2.09. The molecule has 17 heavy (non-hydrogen) atoms. The molecule has 0 atom stereocenters. The van der Waals surface area contributed by atoms with E-state index in [4.69, 9.17) is 0 Å². The molecule has 1 saturated carbocycles. The summed E-state index contributed by atoms with van der Waals surface area (Å²) in [5.74, 6) is 0.131. The van der Waals surface area contributed by atoms with E-state index < -0.39 is 0 Å². The van der Waals surface area contributed by atoms with Crippen molar-refractivity contribution in [2.24, 2.45) is 0 Å². The highest BCUT2D eigenvalue weighted by atomic mass is 79.9. The monoisotopic (exact) mass is 360 g/mol. The van der Waals surface area contributed by atoms with Gasteiger partial charge in [-0.15, -0.1) is 0 Å². The van der Waals surface area contributed by atoms with E-state index in [1.807, 2.05) is 18.2 Å². The van der Waals surface area contributed by atoms with Gasteiger partial charge >= 0.3 is 0 Å². The van der Waals surface area contributed by atoms with E-state index >= 15 is 0 Å². The number of carbonyl (C=O) groups excluding carboxylic acids is 1. The standard InChI is InChI=1S/C12H14Br2N2O/c13-8-1-4-10(14)11(7-8)15-6-5-12(17)16-9-2-3-9/h1,4,7,9,15H,2-3,5-6H2,(H,16,17). The summed E-state index contributed by atoms with van der Waals surface area (Å²) < 4.78 is 2.02. The molecule has 2 N–H and O–H groups in total. The molecule has 0 radical (unpaired) electrons. The molecule has 0 heterocycles. The maximum absolute atomic E-state index is 11.5. The smallest absolute Gasteiger partial charge is 0.221 e. The van der Waals surface area contributed by atoms with Crippen molar-refractivity contribution in [1.29, 1.82) is 0 Å². The molecule has 0 spiro atoms. The van der Waals surface area contributed by atoms with Gasteiger partial charge in [-0.1, -0.05) is 15.9 Å². The lowest BCUT2D eigenvalue weighted by Crippen LogP contribution is -2.27. The van der Waals surface area contributed by atoms with Crippen LogP contribution in [0.25, 0.3) is 0 Å². The first-order valence-corrected chi connectivity index (χ1v) is 7.22. The minimum Gasteiger partial charge on any atom is -0.384 e. The maximum atomic E-state index is 11.5. The summed E-state index contributed by atoms with van der Waals surface area (Å²) in [6.45, 7) is 0.646. The SMILES string of the molecule is O=C(CCNc1cc(Br)ccc1Br)NC1CC1. The fraction of sp³-hybridized carbons (Fsp3) is 0.417. The number of rotatable bonds is 5. The van der Waals surface area contributed by atoms with E-state index in [-0.39, 0.29) is 5.91 Å². The van der Waals surface area contributed by atoms with Crippen LogP contribution in [0.15, 0.2) is 27.1 Å². The van der Waals surface area contributed by atoms with E-state index in [9.17, 15) is 4.79 Å². The number of benzene rings is 1. The van der Waals surface area contributed by atoms with Crippen molar-refractivity contribution >= 4 is 43.5 Å². The molecule has 0 aromatic heterocycles. The van der Waals surface area contributed by atoms with Gasteiger partial charge in [0.2, 0.25) is 5.91 Å². The van der Waals surface area contributed by atoms with Crippen LogP contribution in [0.1, 0.15) is 19.3 Å². The maximum Gasteiger partial charge on any atom is 0.221 e. The first-order valence-electron chi connectivity index (χ1n) is 5.63. The Bertz CT molecular complexity index is 419. The van der Waals surface area contributed by atoms with Crippen molar-refractivity contribution in [3.05, 3.63) is 27.1 Å². The number of hydrogen-bond acceptors (Lipinski definition) is 2. The van der Waals surface area contributed by atoms with Gasteiger partial charge in [0.1, 0.15) is 0 Å². The number of hydrogen-bond donors (Lipinski definition) is 2. The Morgan fingerprint density at radius 1 is 1.35 bits per heavy atom. The molecule has 0 aliphatic heterocycles. The van der Waals surface area contributed by atoms with Gasteiger partial charge in [-0.05, 0) is 47.0 Å². The lowest BCUT2D eigenvalue weighted by molar-refractivity contribution is -0.120. The zero-order valence-electron chi connectivity index (χ0n) is 9.30. The minimum absolute atomic E-state index is 0.131. The third-order valence-electron chi connectivity index (χ3n) is 2.54. The average Bonchev–Trinajstić information content (AvgIpc) is 3.07. The van der Waals surface area contributed by atoms with E-state index in [1.54, 1.807) is 0 Å². The molecule has 0 bridgehead atoms. The second-order valence-corrected chi connectivity index (χ2v) is 5.91. The number of amides is 1. The van der Waals surface area contributed by atoms with Crippen LogP contribution in [0.5, 0.6) is 0 Å². The molecule has 0 saturated heterocycles. The van der Waals surface area contributed by atoms with Gasteiger partial charge in [-0.2, -0.15) is 0 Å². The third-order valence-corrected chi connectivity index (χ3v) is 3.72. The molecule has 1 fully saturated rings. The van der Waals surface area contributed by atoms with Crippen molar-refractivity contribution in [3.8, 4) is 0 Å². The Morgan fingerprint density at radius 3 is 2.82 bits per heavy atom. The minimum atomic E-state index is 0.131. The van der Waals surface area contributed by atoms with Crippen molar-refractivity contribution in [2.75, 3.05) is 11.9 Å². The molecule has 1 aromatic carbocycles. The zero-order chi connectivity index (χ0) is 12.3. The van der Waals surface area contributed by atoms with Gasteiger partial charge in [-0.25, -0.2) is 0 Å². The highest BCUT2D eigenvalue weighted by molar-refractivity contribution is 9.11. The van der Waals surface area contributed by atoms with Crippen molar-refractivity contribution in [1.82, 2.24) is 5.32 Å². The Hall–Kier alpha value is -0.550. The average molecular weight is 362 g/mol. The Labute approximate surface area is 118 Å². The number of halogens is 2. The second-order valence-electron chi connectivity index (χ2n) is 4.14. The molecule has 1 aliphatic rings. The largest absolute Gasteiger partial charge is 0.384 e. The number of anilines is 1. The molecule has 1 aromatic rings. The van der Waals surface area contributed by atoms with Crippen molar-refractivity contribution in [2.45, 2.75) is 25.3 Å². The summed E-state index contributed by atoms with van der Waals surface area (Å²) in [5.41, 5.74) is 0.999. The van der Waals surface area contributed by atoms with Gasteiger partial charge in [0, 0.05) is 33.6 Å². The predicted molar refractivity (Wildman–Crippen MR) is 76.1 cm³/mol. The molecule has 92 valence electrons. The topological polar surface area (TPSA) is 41.1 Å². The van der Waals surface area contributed by atoms with Gasteiger partial charge in [0.05, 0.1) is 0 Å². The van der Waals surface area contributed by atoms with Gasteiger partial charge in [-0.3, -0.25) is 4.79 Å². The van der Waals surface area contributed by atoms with Gasteiger partial charge in [0.15, 0.2) is 0 Å². The van der Waals surface area contributed by atoms with Gasteiger partial charge in [0.25, 0.3) is 0 Å². The first kappa shape index (κ1) is 12.9. The van der Waals surface area contributed by atoms with Crippen LogP contribution in [0, 0.1) is 0 Å². The summed E-state index contributed by atoms with van der Waals surface area (Å²) in [6, 6.07) is 6.37. The van der Waals surface area contributed by atoms with Gasteiger partial charge < -0.3 is 10.6 Å². The Morgan fingerprint density at radius 2 is 2.12 bits per heavy atom. The fourth-order valence-electron chi connectivity index (χ4n) is 1.47. The summed E-state index contributed by atoms with van der Waals surface area (Å²) >= 11 is 6.88. The third kappa shape index (κ3) is 4.32. The molecule has 3 nitrogen and oxygen atoms in total. The number of nitrogens with one attached hydrogen (secondary N) is 2. The highest BCUT2D eigenvalue weighted by Crippen LogP contribution is 2.26. The molecule has 1 amide bonds. The van der Waals surface area contributed by atoms with Crippen LogP contribution in [-0.4, -0.2) is 18.5 Å². The van der Waals surface area contributed by atoms with E-state index in [2.05, 4.69) is 42.5 Å². The van der Waals surface area contributed by atoms with E-state index in [0.29, 0.717) is 19.0 Å². The number of carbonyl (C=O) groups is 1. The molecular formula is C12H14Br2N2O. The fourth-order valence-corrected chi connectivity index (χ4v) is 2.22. The predicted octanol–water partition coefficient (Wildman–Crippen LogP) is 3.29. The van der Waals surface area contributed by atoms with Crippen LogP contribution < -0.4 is 10.6 Å². The van der Waals surface area contributed by atoms with Crippen LogP contribution in [-0.2, 0) is 4.79 Å². The molecule has 0 unspecified atom stereocenters. The van der Waals surface area contributed by atoms with Crippen molar-refractivity contribution < 1.29 is 4.79 Å².